The highest BCUT2D eigenvalue weighted by molar-refractivity contribution is 14.0. The highest BCUT2D eigenvalue weighted by Crippen LogP contribution is 2.17. The molecular weight excluding hydrogens is 469 g/mol. The summed E-state index contributed by atoms with van der Waals surface area (Å²) < 4.78 is 22.5. The van der Waals surface area contributed by atoms with Crippen molar-refractivity contribution in [2.45, 2.75) is 37.6 Å². The molecule has 25 heavy (non-hydrogen) atoms. The van der Waals surface area contributed by atoms with Crippen LogP contribution in [-0.2, 0) is 9.84 Å². The Kier molecular flexibility index (Phi) is 13.4. The van der Waals surface area contributed by atoms with Gasteiger partial charge in [0.2, 0.25) is 0 Å². The smallest absolute Gasteiger partial charge is 0.191 e. The van der Waals surface area contributed by atoms with Gasteiger partial charge in [-0.3, -0.25) is 4.99 Å². The Morgan fingerprint density at radius 3 is 2.56 bits per heavy atom. The Balaban J connectivity index is 0.00000576. The maximum Gasteiger partial charge on any atom is 0.191 e. The molecule has 144 valence electrons. The van der Waals surface area contributed by atoms with Crippen LogP contribution < -0.4 is 10.6 Å². The third-order valence-electron chi connectivity index (χ3n) is 3.23. The molecule has 8 heteroatoms. The molecule has 1 unspecified atom stereocenters. The van der Waals surface area contributed by atoms with Crippen molar-refractivity contribution in [2.24, 2.45) is 4.99 Å². The van der Waals surface area contributed by atoms with E-state index in [1.165, 1.54) is 11.2 Å². The predicted octanol–water partition coefficient (Wildman–Crippen LogP) is 3.17. The molecule has 1 rings (SSSR count). The Bertz CT molecular complexity index is 595. The molecule has 0 bridgehead atoms. The first-order valence-corrected chi connectivity index (χ1v) is 11.4. The minimum atomic E-state index is -2.92. The van der Waals surface area contributed by atoms with Crippen LogP contribution in [0.2, 0.25) is 0 Å². The van der Waals surface area contributed by atoms with E-state index in [1.807, 2.05) is 43.8 Å². The molecule has 1 aromatic rings. The minimum Gasteiger partial charge on any atom is -0.357 e. The highest BCUT2D eigenvalue weighted by atomic mass is 127. The Morgan fingerprint density at radius 1 is 1.28 bits per heavy atom. The summed E-state index contributed by atoms with van der Waals surface area (Å²) in [5.41, 5.74) is 0. The number of hydrogen-bond donors (Lipinski definition) is 2. The van der Waals surface area contributed by atoms with Crippen molar-refractivity contribution >= 4 is 51.5 Å². The number of guanidine groups is 1. The Labute approximate surface area is 173 Å². The van der Waals surface area contributed by atoms with Crippen molar-refractivity contribution in [3.05, 3.63) is 30.3 Å². The van der Waals surface area contributed by atoms with Crippen molar-refractivity contribution in [3.8, 4) is 0 Å². The quantitative estimate of drug-likeness (QED) is 0.170. The third kappa shape index (κ3) is 13.4. The number of benzene rings is 1. The summed E-state index contributed by atoms with van der Waals surface area (Å²) in [5.74, 6) is 1.97. The minimum absolute atomic E-state index is 0. The zero-order valence-electron chi connectivity index (χ0n) is 15.2. The summed E-state index contributed by atoms with van der Waals surface area (Å²) in [6, 6.07) is 10.4. The van der Waals surface area contributed by atoms with Gasteiger partial charge >= 0.3 is 0 Å². The summed E-state index contributed by atoms with van der Waals surface area (Å²) >= 11 is 1.83. The molecule has 5 nitrogen and oxygen atoms in total. The monoisotopic (exact) mass is 499 g/mol. The van der Waals surface area contributed by atoms with Gasteiger partial charge < -0.3 is 10.6 Å². The molecule has 1 atom stereocenters. The maximum atomic E-state index is 11.2. The van der Waals surface area contributed by atoms with Crippen LogP contribution in [0.3, 0.4) is 0 Å². The molecule has 0 amide bonds. The molecule has 0 aliphatic heterocycles. The van der Waals surface area contributed by atoms with Crippen molar-refractivity contribution in [1.29, 1.82) is 0 Å². The molecule has 0 aliphatic rings. The number of halogens is 1. The molecule has 0 saturated carbocycles. The number of nitrogens with zero attached hydrogens (tertiary/aromatic N) is 1. The topological polar surface area (TPSA) is 70.6 Å². The van der Waals surface area contributed by atoms with Gasteiger partial charge in [-0.05, 0) is 44.6 Å². The van der Waals surface area contributed by atoms with E-state index in [9.17, 15) is 8.42 Å². The van der Waals surface area contributed by atoms with Crippen LogP contribution in [0.15, 0.2) is 40.2 Å². The fourth-order valence-corrected chi connectivity index (χ4v) is 3.62. The van der Waals surface area contributed by atoms with E-state index in [4.69, 9.17) is 0 Å². The van der Waals surface area contributed by atoms with Crippen molar-refractivity contribution in [2.75, 3.05) is 30.9 Å². The van der Waals surface area contributed by atoms with Crippen LogP contribution in [-0.4, -0.2) is 51.3 Å². The molecule has 0 saturated heterocycles. The largest absolute Gasteiger partial charge is 0.357 e. The normalized spacial score (nSPS) is 13.0. The van der Waals surface area contributed by atoms with Crippen LogP contribution >= 0.6 is 35.7 Å². The van der Waals surface area contributed by atoms with Crippen LogP contribution in [0.25, 0.3) is 0 Å². The van der Waals surface area contributed by atoms with E-state index in [-0.39, 0.29) is 35.8 Å². The van der Waals surface area contributed by atoms with Gasteiger partial charge in [0.05, 0.1) is 5.75 Å². The van der Waals surface area contributed by atoms with Gasteiger partial charge in [0.1, 0.15) is 9.84 Å². The predicted molar refractivity (Wildman–Crippen MR) is 120 cm³/mol. The van der Waals surface area contributed by atoms with Crippen LogP contribution in [0.4, 0.5) is 0 Å². The van der Waals surface area contributed by atoms with Gasteiger partial charge in [0, 0.05) is 30.3 Å². The number of sulfone groups is 1. The molecule has 0 heterocycles. The second-order valence-electron chi connectivity index (χ2n) is 5.74. The van der Waals surface area contributed by atoms with Gasteiger partial charge in [-0.15, -0.1) is 35.7 Å². The number of aliphatic imine (C=N–C) groups is 1. The molecule has 0 radical (unpaired) electrons. The van der Waals surface area contributed by atoms with Crippen molar-refractivity contribution in [1.82, 2.24) is 10.6 Å². The summed E-state index contributed by atoms with van der Waals surface area (Å²) in [6.07, 6.45) is 2.84. The van der Waals surface area contributed by atoms with Gasteiger partial charge in [-0.1, -0.05) is 18.2 Å². The van der Waals surface area contributed by atoms with E-state index >= 15 is 0 Å². The number of hydrogen-bond acceptors (Lipinski definition) is 4. The summed E-state index contributed by atoms with van der Waals surface area (Å²) in [4.78, 5) is 5.84. The second kappa shape index (κ2) is 13.7. The molecule has 0 spiro atoms. The van der Waals surface area contributed by atoms with Gasteiger partial charge in [-0.25, -0.2) is 8.42 Å². The molecule has 0 aromatic heterocycles. The number of rotatable bonds is 10. The zero-order valence-corrected chi connectivity index (χ0v) is 19.2. The first kappa shape index (κ1) is 24.5. The van der Waals surface area contributed by atoms with Crippen molar-refractivity contribution < 1.29 is 8.42 Å². The van der Waals surface area contributed by atoms with E-state index in [0.29, 0.717) is 6.42 Å². The fraction of sp³-hybridized carbons (Fsp3) is 0.588. The SMILES string of the molecule is CCNC(=NCCCSc1ccccc1)NC(C)CCS(C)(=O)=O.I. The number of thioether (sulfide) groups is 1. The molecule has 2 N–H and O–H groups in total. The third-order valence-corrected chi connectivity index (χ3v) is 5.31. The maximum absolute atomic E-state index is 11.2. The van der Waals surface area contributed by atoms with Gasteiger partial charge in [-0.2, -0.15) is 0 Å². The van der Waals surface area contributed by atoms with Gasteiger partial charge in [0.15, 0.2) is 5.96 Å². The Morgan fingerprint density at radius 2 is 1.96 bits per heavy atom. The lowest BCUT2D eigenvalue weighted by molar-refractivity contribution is 0.581. The first-order chi connectivity index (χ1) is 11.4. The summed E-state index contributed by atoms with van der Waals surface area (Å²) in [5, 5.41) is 6.47. The zero-order chi connectivity index (χ0) is 17.8. The van der Waals surface area contributed by atoms with Crippen LogP contribution in [0, 0.1) is 0 Å². The molecule has 0 fully saturated rings. The lowest BCUT2D eigenvalue weighted by Crippen LogP contribution is -2.42. The van der Waals surface area contributed by atoms with E-state index in [0.717, 1.165) is 31.2 Å². The van der Waals surface area contributed by atoms with Crippen LogP contribution in [0.1, 0.15) is 26.7 Å². The molecule has 1 aromatic carbocycles. The lowest BCUT2D eigenvalue weighted by atomic mass is 10.3. The van der Waals surface area contributed by atoms with Crippen LogP contribution in [0.5, 0.6) is 0 Å². The van der Waals surface area contributed by atoms with E-state index < -0.39 is 9.84 Å². The highest BCUT2D eigenvalue weighted by Gasteiger charge is 2.09. The average molecular weight is 499 g/mol. The fourth-order valence-electron chi connectivity index (χ4n) is 1.98. The van der Waals surface area contributed by atoms with Gasteiger partial charge in [0.25, 0.3) is 0 Å². The average Bonchev–Trinajstić information content (AvgIpc) is 2.53. The van der Waals surface area contributed by atoms with Crippen molar-refractivity contribution in [3.63, 3.8) is 0 Å². The standard InChI is InChI=1S/C17H29N3O2S2.HI/c1-4-18-17(20-15(2)11-14-24(3,21)22)19-12-8-13-23-16-9-6-5-7-10-16;/h5-7,9-10,15H,4,8,11-14H2,1-3H3,(H2,18,19,20);1H. The number of nitrogens with one attached hydrogen (secondary N) is 2. The Hall–Kier alpha value is -0.480. The molecule has 0 aliphatic carbocycles. The lowest BCUT2D eigenvalue weighted by Gasteiger charge is -2.17. The van der Waals surface area contributed by atoms with E-state index in [1.54, 1.807) is 0 Å². The molecular formula is C17H30IN3O2S2. The second-order valence-corrected chi connectivity index (χ2v) is 9.17. The summed E-state index contributed by atoms with van der Waals surface area (Å²) in [6.45, 7) is 5.52. The summed E-state index contributed by atoms with van der Waals surface area (Å²) in [7, 11) is -2.92. The first-order valence-electron chi connectivity index (χ1n) is 8.31. The van der Waals surface area contributed by atoms with E-state index in [2.05, 4.69) is 27.8 Å².